The van der Waals surface area contributed by atoms with Crippen molar-refractivity contribution in [2.24, 2.45) is 5.73 Å². The number of ether oxygens (including phenoxy) is 1. The summed E-state index contributed by atoms with van der Waals surface area (Å²) >= 11 is 1.76. The molecule has 2 rings (SSSR count). The first-order chi connectivity index (χ1) is 7.66. The van der Waals surface area contributed by atoms with Gasteiger partial charge in [-0.05, 0) is 33.1 Å². The van der Waals surface area contributed by atoms with Gasteiger partial charge in [-0.2, -0.15) is 0 Å². The lowest BCUT2D eigenvalue weighted by molar-refractivity contribution is 0.000624. The summed E-state index contributed by atoms with van der Waals surface area (Å²) in [7, 11) is 0. The highest BCUT2D eigenvalue weighted by Gasteiger charge is 2.22. The van der Waals surface area contributed by atoms with Gasteiger partial charge in [0.2, 0.25) is 0 Å². The fraction of sp³-hybridized carbons (Fsp3) is 0.750. The number of nitrogens with two attached hydrogens (primary N) is 1. The first-order valence-corrected chi connectivity index (χ1v) is 6.78. The third-order valence-corrected chi connectivity index (χ3v) is 4.27. The predicted molar refractivity (Wildman–Crippen MR) is 66.9 cm³/mol. The molecule has 0 bridgehead atoms. The third kappa shape index (κ3) is 2.81. The predicted octanol–water partition coefficient (Wildman–Crippen LogP) is 2.20. The van der Waals surface area contributed by atoms with Crippen molar-refractivity contribution in [3.63, 3.8) is 0 Å². The number of hydrogen-bond donors (Lipinski definition) is 1. The van der Waals surface area contributed by atoms with Crippen LogP contribution in [0.4, 0.5) is 0 Å². The molecule has 90 valence electrons. The minimum absolute atomic E-state index is 0.102. The first-order valence-electron chi connectivity index (χ1n) is 5.97. The second kappa shape index (κ2) is 5.25. The van der Waals surface area contributed by atoms with Gasteiger partial charge in [-0.25, -0.2) is 4.98 Å². The van der Waals surface area contributed by atoms with Crippen LogP contribution < -0.4 is 5.73 Å². The van der Waals surface area contributed by atoms with Crippen LogP contribution in [0.2, 0.25) is 0 Å². The van der Waals surface area contributed by atoms with Gasteiger partial charge in [0.05, 0.1) is 16.8 Å². The Kier molecular flexibility index (Phi) is 3.95. The highest BCUT2D eigenvalue weighted by molar-refractivity contribution is 7.11. The van der Waals surface area contributed by atoms with Crippen LogP contribution in [0.1, 0.15) is 34.8 Å². The lowest BCUT2D eigenvalue weighted by atomic mass is 10.0. The minimum Gasteiger partial charge on any atom is -0.377 e. The van der Waals surface area contributed by atoms with Crippen molar-refractivity contribution in [2.75, 3.05) is 6.61 Å². The fourth-order valence-electron chi connectivity index (χ4n) is 2.06. The minimum atomic E-state index is 0.102. The summed E-state index contributed by atoms with van der Waals surface area (Å²) in [5, 5.41) is 1.15. The van der Waals surface area contributed by atoms with E-state index in [0.717, 1.165) is 30.2 Å². The van der Waals surface area contributed by atoms with Crippen LogP contribution in [0.5, 0.6) is 0 Å². The van der Waals surface area contributed by atoms with E-state index >= 15 is 0 Å². The molecule has 2 heterocycles. The maximum Gasteiger partial charge on any atom is 0.0947 e. The lowest BCUT2D eigenvalue weighted by Crippen LogP contribution is -2.40. The van der Waals surface area contributed by atoms with Crippen LogP contribution >= 0.6 is 11.3 Å². The Hall–Kier alpha value is -0.450. The maximum absolute atomic E-state index is 6.18. The zero-order valence-corrected chi connectivity index (χ0v) is 10.8. The SMILES string of the molecule is Cc1nc(CC(N)C2CCCCO2)sc1C. The van der Waals surface area contributed by atoms with Crippen molar-refractivity contribution in [1.82, 2.24) is 4.98 Å². The summed E-state index contributed by atoms with van der Waals surface area (Å²) < 4.78 is 5.70. The fourth-order valence-corrected chi connectivity index (χ4v) is 3.07. The van der Waals surface area contributed by atoms with E-state index in [1.54, 1.807) is 11.3 Å². The Balaban J connectivity index is 1.93. The topological polar surface area (TPSA) is 48.1 Å². The number of aryl methyl sites for hydroxylation is 2. The average molecular weight is 240 g/mol. The van der Waals surface area contributed by atoms with Gasteiger partial charge in [0, 0.05) is 23.9 Å². The summed E-state index contributed by atoms with van der Waals surface area (Å²) in [4.78, 5) is 5.83. The molecule has 1 aliphatic rings. The van der Waals surface area contributed by atoms with Crippen molar-refractivity contribution in [1.29, 1.82) is 0 Å². The lowest BCUT2D eigenvalue weighted by Gasteiger charge is -2.27. The molecule has 2 N–H and O–H groups in total. The van der Waals surface area contributed by atoms with Gasteiger partial charge in [-0.15, -0.1) is 11.3 Å². The van der Waals surface area contributed by atoms with Crippen LogP contribution in [-0.2, 0) is 11.2 Å². The summed E-state index contributed by atoms with van der Waals surface area (Å²) in [5.41, 5.74) is 7.32. The Bertz CT molecular complexity index is 325. The standard InChI is InChI=1S/C12H20N2OS/c1-8-9(2)16-12(14-8)7-10(13)11-5-3-4-6-15-11/h10-11H,3-7,13H2,1-2H3. The molecule has 1 aliphatic heterocycles. The molecule has 1 saturated heterocycles. The van der Waals surface area contributed by atoms with Crippen molar-refractivity contribution < 1.29 is 4.74 Å². The van der Waals surface area contributed by atoms with Crippen LogP contribution in [0.3, 0.4) is 0 Å². The Labute approximate surface area is 101 Å². The molecular weight excluding hydrogens is 220 g/mol. The number of thiazole rings is 1. The van der Waals surface area contributed by atoms with Crippen LogP contribution in [0.25, 0.3) is 0 Å². The summed E-state index contributed by atoms with van der Waals surface area (Å²) in [6.07, 6.45) is 4.61. The van der Waals surface area contributed by atoms with Gasteiger partial charge in [-0.3, -0.25) is 0 Å². The van der Waals surface area contributed by atoms with E-state index in [-0.39, 0.29) is 12.1 Å². The van der Waals surface area contributed by atoms with E-state index in [4.69, 9.17) is 10.5 Å². The van der Waals surface area contributed by atoms with Gasteiger partial charge in [-0.1, -0.05) is 0 Å². The largest absolute Gasteiger partial charge is 0.377 e. The zero-order valence-electron chi connectivity index (χ0n) is 10.0. The summed E-state index contributed by atoms with van der Waals surface area (Å²) in [5.74, 6) is 0. The molecule has 1 aromatic heterocycles. The van der Waals surface area contributed by atoms with E-state index in [0.29, 0.717) is 0 Å². The maximum atomic E-state index is 6.18. The molecule has 0 aliphatic carbocycles. The second-order valence-corrected chi connectivity index (χ2v) is 5.81. The quantitative estimate of drug-likeness (QED) is 0.881. The van der Waals surface area contributed by atoms with E-state index in [1.807, 2.05) is 0 Å². The molecule has 3 nitrogen and oxygen atoms in total. The van der Waals surface area contributed by atoms with Gasteiger partial charge in [0.15, 0.2) is 0 Å². The molecule has 0 aromatic carbocycles. The highest BCUT2D eigenvalue weighted by atomic mass is 32.1. The normalized spacial score (nSPS) is 23.3. The van der Waals surface area contributed by atoms with E-state index in [1.165, 1.54) is 17.7 Å². The number of hydrogen-bond acceptors (Lipinski definition) is 4. The zero-order chi connectivity index (χ0) is 11.5. The molecular formula is C12H20N2OS. The molecule has 2 atom stereocenters. The Morgan fingerprint density at radius 2 is 2.31 bits per heavy atom. The molecule has 4 heteroatoms. The smallest absolute Gasteiger partial charge is 0.0947 e. The van der Waals surface area contributed by atoms with Crippen LogP contribution in [0.15, 0.2) is 0 Å². The molecule has 0 saturated carbocycles. The molecule has 16 heavy (non-hydrogen) atoms. The summed E-state index contributed by atoms with van der Waals surface area (Å²) in [6, 6.07) is 0.102. The molecule has 1 fully saturated rings. The van der Waals surface area contributed by atoms with Gasteiger partial charge >= 0.3 is 0 Å². The van der Waals surface area contributed by atoms with Crippen LogP contribution in [-0.4, -0.2) is 23.7 Å². The highest BCUT2D eigenvalue weighted by Crippen LogP contribution is 2.21. The Morgan fingerprint density at radius 1 is 1.50 bits per heavy atom. The van der Waals surface area contributed by atoms with Gasteiger partial charge in [0.25, 0.3) is 0 Å². The van der Waals surface area contributed by atoms with E-state index in [9.17, 15) is 0 Å². The number of rotatable bonds is 3. The second-order valence-electron chi connectivity index (χ2n) is 4.52. The molecule has 0 amide bonds. The molecule has 2 unspecified atom stereocenters. The average Bonchev–Trinajstić information content (AvgIpc) is 2.59. The first kappa shape index (κ1) is 12.0. The monoisotopic (exact) mass is 240 g/mol. The van der Waals surface area contributed by atoms with Crippen molar-refractivity contribution in [3.05, 3.63) is 15.6 Å². The van der Waals surface area contributed by atoms with Crippen LogP contribution in [0, 0.1) is 13.8 Å². The number of aromatic nitrogens is 1. The third-order valence-electron chi connectivity index (χ3n) is 3.18. The van der Waals surface area contributed by atoms with E-state index in [2.05, 4.69) is 18.8 Å². The van der Waals surface area contributed by atoms with Crippen molar-refractivity contribution in [3.8, 4) is 0 Å². The van der Waals surface area contributed by atoms with Gasteiger partial charge in [0.1, 0.15) is 0 Å². The van der Waals surface area contributed by atoms with Gasteiger partial charge < -0.3 is 10.5 Å². The molecule has 1 aromatic rings. The Morgan fingerprint density at radius 3 is 2.88 bits per heavy atom. The number of nitrogens with zero attached hydrogens (tertiary/aromatic N) is 1. The summed E-state index contributed by atoms with van der Waals surface area (Å²) in [6.45, 7) is 5.03. The molecule has 0 spiro atoms. The van der Waals surface area contributed by atoms with E-state index < -0.39 is 0 Å². The van der Waals surface area contributed by atoms with Crippen molar-refractivity contribution in [2.45, 2.75) is 51.7 Å². The molecule has 0 radical (unpaired) electrons. The van der Waals surface area contributed by atoms with Crippen molar-refractivity contribution >= 4 is 11.3 Å².